The Kier molecular flexibility index (Phi) is 4.66. The summed E-state index contributed by atoms with van der Waals surface area (Å²) >= 11 is 7.72. The molecule has 0 aliphatic rings. The van der Waals surface area contributed by atoms with Crippen LogP contribution in [0, 0.1) is 0 Å². The molecule has 0 aliphatic heterocycles. The number of halogens is 1. The first-order chi connectivity index (χ1) is 12.6. The van der Waals surface area contributed by atoms with Crippen molar-refractivity contribution in [2.45, 2.75) is 26.3 Å². The quantitative estimate of drug-likeness (QED) is 0.461. The van der Waals surface area contributed by atoms with Gasteiger partial charge in [0.05, 0.1) is 4.88 Å². The summed E-state index contributed by atoms with van der Waals surface area (Å²) in [6.45, 7) is 4.33. The molecule has 0 fully saturated rings. The van der Waals surface area contributed by atoms with E-state index in [1.165, 1.54) is 0 Å². The molecule has 1 aromatic carbocycles. The summed E-state index contributed by atoms with van der Waals surface area (Å²) in [5.41, 5.74) is 4.22. The second-order valence-corrected chi connectivity index (χ2v) is 7.76. The minimum atomic E-state index is 0.412. The van der Waals surface area contributed by atoms with Crippen LogP contribution in [0.3, 0.4) is 0 Å². The van der Waals surface area contributed by atoms with Crippen LogP contribution < -0.4 is 5.32 Å². The van der Waals surface area contributed by atoms with Crippen LogP contribution in [0.1, 0.15) is 20.3 Å². The number of anilines is 1. The maximum atomic E-state index is 6.05. The highest BCUT2D eigenvalue weighted by Gasteiger charge is 2.12. The Morgan fingerprint density at radius 2 is 2.00 bits per heavy atom. The van der Waals surface area contributed by atoms with Gasteiger partial charge in [-0.2, -0.15) is 0 Å². The van der Waals surface area contributed by atoms with E-state index in [2.05, 4.69) is 45.8 Å². The topological polar surface area (TPSA) is 42.2 Å². The Morgan fingerprint density at radius 3 is 2.77 bits per heavy atom. The van der Waals surface area contributed by atoms with Crippen LogP contribution in [0.2, 0.25) is 5.02 Å². The van der Waals surface area contributed by atoms with Gasteiger partial charge in [0.2, 0.25) is 0 Å². The summed E-state index contributed by atoms with van der Waals surface area (Å²) in [7, 11) is 0. The summed E-state index contributed by atoms with van der Waals surface area (Å²) in [6.07, 6.45) is 8.89. The molecule has 0 aliphatic carbocycles. The molecular formula is C20H19ClN4S. The van der Waals surface area contributed by atoms with Crippen LogP contribution in [0.4, 0.5) is 5.13 Å². The number of aromatic nitrogens is 3. The van der Waals surface area contributed by atoms with Crippen LogP contribution >= 0.6 is 22.9 Å². The Bertz CT molecular complexity index is 1040. The molecule has 0 spiro atoms. The molecular weight excluding hydrogens is 364 g/mol. The molecule has 0 saturated heterocycles. The van der Waals surface area contributed by atoms with E-state index in [1.807, 2.05) is 42.9 Å². The van der Waals surface area contributed by atoms with Gasteiger partial charge < -0.3 is 9.72 Å². The Balaban J connectivity index is 1.78. The van der Waals surface area contributed by atoms with Gasteiger partial charge in [0.25, 0.3) is 0 Å². The highest BCUT2D eigenvalue weighted by Crippen LogP contribution is 2.34. The van der Waals surface area contributed by atoms with Crippen LogP contribution in [0.15, 0.2) is 55.1 Å². The minimum Gasteiger partial charge on any atom is -0.359 e. The Labute approximate surface area is 161 Å². The molecule has 4 nitrogen and oxygen atoms in total. The summed E-state index contributed by atoms with van der Waals surface area (Å²) in [5, 5.41) is 5.12. The molecule has 0 unspecified atom stereocenters. The second-order valence-electron chi connectivity index (χ2n) is 6.29. The molecule has 1 atom stereocenters. The zero-order valence-corrected chi connectivity index (χ0v) is 16.2. The van der Waals surface area contributed by atoms with Crippen molar-refractivity contribution in [1.82, 2.24) is 14.4 Å². The third-order valence-corrected chi connectivity index (χ3v) is 5.64. The SMILES string of the molecule is CC[C@@H](C)Nc1ncc(-c2cc(-c3ccc(Cl)cc3)c3nccn3c2)s1. The lowest BCUT2D eigenvalue weighted by Crippen LogP contribution is -2.12. The van der Waals surface area contributed by atoms with Gasteiger partial charge in [0.15, 0.2) is 5.13 Å². The van der Waals surface area contributed by atoms with Gasteiger partial charge in [-0.15, -0.1) is 0 Å². The van der Waals surface area contributed by atoms with Crippen molar-refractivity contribution >= 4 is 33.7 Å². The molecule has 26 heavy (non-hydrogen) atoms. The van der Waals surface area contributed by atoms with Gasteiger partial charge in [-0.25, -0.2) is 9.97 Å². The molecule has 0 bridgehead atoms. The van der Waals surface area contributed by atoms with Crippen molar-refractivity contribution < 1.29 is 0 Å². The summed E-state index contributed by atoms with van der Waals surface area (Å²) < 4.78 is 2.06. The van der Waals surface area contributed by atoms with E-state index in [0.717, 1.165) is 43.8 Å². The predicted molar refractivity (Wildman–Crippen MR) is 110 cm³/mol. The van der Waals surface area contributed by atoms with Gasteiger partial charge >= 0.3 is 0 Å². The number of benzene rings is 1. The first kappa shape index (κ1) is 17.1. The highest BCUT2D eigenvalue weighted by molar-refractivity contribution is 7.18. The summed E-state index contributed by atoms with van der Waals surface area (Å²) in [4.78, 5) is 10.2. The number of nitrogens with zero attached hydrogens (tertiary/aromatic N) is 3. The smallest absolute Gasteiger partial charge is 0.183 e. The number of thiazole rings is 1. The molecule has 3 aromatic heterocycles. The van der Waals surface area contributed by atoms with E-state index < -0.39 is 0 Å². The molecule has 4 rings (SSSR count). The predicted octanol–water partition coefficient (Wildman–Crippen LogP) is 5.99. The molecule has 0 saturated carbocycles. The molecule has 1 N–H and O–H groups in total. The van der Waals surface area contributed by atoms with Gasteiger partial charge in [0.1, 0.15) is 5.65 Å². The third kappa shape index (κ3) is 3.32. The third-order valence-electron chi connectivity index (χ3n) is 4.42. The van der Waals surface area contributed by atoms with E-state index in [-0.39, 0.29) is 0 Å². The standard InChI is InChI=1S/C20H19ClN4S/c1-3-13(2)24-20-23-11-18(26-20)15-10-17(14-4-6-16(21)7-5-14)19-22-8-9-25(19)12-15/h4-13H,3H2,1-2H3,(H,23,24)/t13-/m1/s1. The summed E-state index contributed by atoms with van der Waals surface area (Å²) in [6, 6.07) is 10.5. The average Bonchev–Trinajstić information content (AvgIpc) is 3.30. The van der Waals surface area contributed by atoms with E-state index >= 15 is 0 Å². The minimum absolute atomic E-state index is 0.412. The van der Waals surface area contributed by atoms with Gasteiger partial charge in [-0.1, -0.05) is 42.0 Å². The van der Waals surface area contributed by atoms with Gasteiger partial charge in [0, 0.05) is 47.0 Å². The molecule has 132 valence electrons. The lowest BCUT2D eigenvalue weighted by Gasteiger charge is -2.09. The maximum Gasteiger partial charge on any atom is 0.183 e. The fourth-order valence-electron chi connectivity index (χ4n) is 2.80. The zero-order chi connectivity index (χ0) is 18.1. The lowest BCUT2D eigenvalue weighted by molar-refractivity contribution is 0.763. The van der Waals surface area contributed by atoms with E-state index in [0.29, 0.717) is 6.04 Å². The van der Waals surface area contributed by atoms with Gasteiger partial charge in [-0.3, -0.25) is 0 Å². The van der Waals surface area contributed by atoms with Crippen molar-refractivity contribution in [1.29, 1.82) is 0 Å². The highest BCUT2D eigenvalue weighted by atomic mass is 35.5. The van der Waals surface area contributed by atoms with Crippen LogP contribution in [-0.4, -0.2) is 20.4 Å². The maximum absolute atomic E-state index is 6.05. The number of fused-ring (bicyclic) bond motifs is 1. The largest absolute Gasteiger partial charge is 0.359 e. The van der Waals surface area contributed by atoms with Crippen molar-refractivity contribution in [2.75, 3.05) is 5.32 Å². The van der Waals surface area contributed by atoms with Crippen LogP contribution in [-0.2, 0) is 0 Å². The lowest BCUT2D eigenvalue weighted by atomic mass is 10.0. The fraction of sp³-hybridized carbons (Fsp3) is 0.200. The molecule has 0 radical (unpaired) electrons. The van der Waals surface area contributed by atoms with Gasteiger partial charge in [-0.05, 0) is 37.1 Å². The Morgan fingerprint density at radius 1 is 1.19 bits per heavy atom. The zero-order valence-electron chi connectivity index (χ0n) is 14.6. The first-order valence-corrected chi connectivity index (χ1v) is 9.79. The Hall–Kier alpha value is -2.37. The first-order valence-electron chi connectivity index (χ1n) is 8.59. The van der Waals surface area contributed by atoms with E-state index in [9.17, 15) is 0 Å². The summed E-state index contributed by atoms with van der Waals surface area (Å²) in [5.74, 6) is 0. The fourth-order valence-corrected chi connectivity index (χ4v) is 3.83. The van der Waals surface area contributed by atoms with Crippen molar-refractivity contribution in [3.05, 3.63) is 60.1 Å². The number of hydrogen-bond acceptors (Lipinski definition) is 4. The molecule has 4 aromatic rings. The van der Waals surface area contributed by atoms with Crippen LogP contribution in [0.5, 0.6) is 0 Å². The van der Waals surface area contributed by atoms with E-state index in [1.54, 1.807) is 11.3 Å². The van der Waals surface area contributed by atoms with Crippen molar-refractivity contribution in [3.63, 3.8) is 0 Å². The number of rotatable bonds is 5. The number of nitrogens with one attached hydrogen (secondary N) is 1. The number of pyridine rings is 1. The van der Waals surface area contributed by atoms with Crippen LogP contribution in [0.25, 0.3) is 27.2 Å². The number of imidazole rings is 1. The number of hydrogen-bond donors (Lipinski definition) is 1. The van der Waals surface area contributed by atoms with E-state index in [4.69, 9.17) is 11.6 Å². The second kappa shape index (κ2) is 7.09. The average molecular weight is 383 g/mol. The van der Waals surface area contributed by atoms with Crippen molar-refractivity contribution in [3.8, 4) is 21.6 Å². The molecule has 6 heteroatoms. The normalized spacial score (nSPS) is 12.4. The van der Waals surface area contributed by atoms with Crippen molar-refractivity contribution in [2.24, 2.45) is 0 Å². The monoisotopic (exact) mass is 382 g/mol. The molecule has 3 heterocycles. The molecule has 0 amide bonds.